The molecule has 2 N–H and O–H groups in total. The number of benzene rings is 2. The summed E-state index contributed by atoms with van der Waals surface area (Å²) in [6, 6.07) is 14.2. The number of halogens is 1. The Bertz CT molecular complexity index is 1530. The average Bonchev–Trinajstić information content (AvgIpc) is 3.41. The van der Waals surface area contributed by atoms with Gasteiger partial charge in [-0.15, -0.1) is 0 Å². The van der Waals surface area contributed by atoms with Crippen molar-refractivity contribution in [2.45, 2.75) is 20.4 Å². The predicted octanol–water partition coefficient (Wildman–Crippen LogP) is 5.97. The predicted molar refractivity (Wildman–Crippen MR) is 139 cm³/mol. The Morgan fingerprint density at radius 1 is 1.18 bits per heavy atom. The second-order valence-electron chi connectivity index (χ2n) is 8.02. The maximum Gasteiger partial charge on any atom is 0.274 e. The number of aromatic nitrogens is 4. The van der Waals surface area contributed by atoms with Crippen molar-refractivity contribution in [2.24, 2.45) is 7.05 Å². The first kappa shape index (κ1) is 21.7. The van der Waals surface area contributed by atoms with Crippen LogP contribution in [-0.2, 0) is 13.6 Å². The smallest absolute Gasteiger partial charge is 0.274 e. The Morgan fingerprint density at radius 3 is 2.73 bits per heavy atom. The van der Waals surface area contributed by atoms with Gasteiger partial charge in [-0.3, -0.25) is 4.79 Å². The van der Waals surface area contributed by atoms with Crippen LogP contribution >= 0.6 is 23.5 Å². The van der Waals surface area contributed by atoms with Crippen LogP contribution in [-0.4, -0.2) is 24.9 Å². The molecular weight excluding hydrogens is 454 g/mol. The van der Waals surface area contributed by atoms with E-state index in [9.17, 15) is 4.79 Å². The summed E-state index contributed by atoms with van der Waals surface area (Å²) in [5.74, 6) is 1.87. The molecule has 0 saturated carbocycles. The number of aromatic amines is 1. The molecule has 8 heteroatoms. The Hall–Kier alpha value is -3.16. The van der Waals surface area contributed by atoms with Gasteiger partial charge in [0.15, 0.2) is 0 Å². The Morgan fingerprint density at radius 2 is 1.97 bits per heavy atom. The van der Waals surface area contributed by atoms with Gasteiger partial charge in [0.25, 0.3) is 5.56 Å². The number of fused-ring (bicyclic) bond motifs is 2. The van der Waals surface area contributed by atoms with Crippen LogP contribution in [0, 0.1) is 6.92 Å². The Labute approximate surface area is 200 Å². The normalized spacial score (nSPS) is 11.5. The Kier molecular flexibility index (Phi) is 5.68. The summed E-state index contributed by atoms with van der Waals surface area (Å²) in [6.07, 6.45) is 3.72. The molecule has 0 unspecified atom stereocenters. The van der Waals surface area contributed by atoms with Gasteiger partial charge in [0.1, 0.15) is 16.9 Å². The molecule has 33 heavy (non-hydrogen) atoms. The number of imidazole rings is 1. The fourth-order valence-electron chi connectivity index (χ4n) is 4.19. The third-order valence-corrected chi connectivity index (χ3v) is 6.74. The highest BCUT2D eigenvalue weighted by Gasteiger charge is 2.17. The molecule has 0 aliphatic rings. The standard InChI is InChI=1S/C25H24ClN5OS/c1-4-33-29-21-11-17(20-14-30(3)25(32)23-19(20)9-10-27-23)12-22-24(21)28-15(2)31(22)13-16-5-7-18(26)8-6-16/h5-12,14,27,29H,4,13H2,1-3H3. The summed E-state index contributed by atoms with van der Waals surface area (Å²) in [4.78, 5) is 20.6. The summed E-state index contributed by atoms with van der Waals surface area (Å²) in [5.41, 5.74) is 6.68. The first-order chi connectivity index (χ1) is 16.0. The molecule has 0 amide bonds. The SMILES string of the molecule is CCSNc1cc(-c2cn(C)c(=O)c3[nH]ccc23)cc2c1nc(C)n2Cc1ccc(Cl)cc1. The average molecular weight is 478 g/mol. The lowest BCUT2D eigenvalue weighted by Gasteiger charge is -2.13. The maximum atomic E-state index is 12.6. The third-order valence-electron chi connectivity index (χ3n) is 5.83. The van der Waals surface area contributed by atoms with Crippen LogP contribution in [0.5, 0.6) is 0 Å². The monoisotopic (exact) mass is 477 g/mol. The minimum absolute atomic E-state index is 0.0386. The molecule has 3 heterocycles. The number of H-pyrrole nitrogens is 1. The van der Waals surface area contributed by atoms with Crippen molar-refractivity contribution < 1.29 is 0 Å². The number of anilines is 1. The lowest BCUT2D eigenvalue weighted by molar-refractivity contribution is 0.786. The van der Waals surface area contributed by atoms with Crippen molar-refractivity contribution in [1.82, 2.24) is 19.1 Å². The van der Waals surface area contributed by atoms with Gasteiger partial charge in [0.05, 0.1) is 11.2 Å². The lowest BCUT2D eigenvalue weighted by Crippen LogP contribution is -2.16. The van der Waals surface area contributed by atoms with Gasteiger partial charge in [0, 0.05) is 47.7 Å². The number of nitrogens with zero attached hydrogens (tertiary/aromatic N) is 3. The number of pyridine rings is 1. The highest BCUT2D eigenvalue weighted by Crippen LogP contribution is 2.35. The van der Waals surface area contributed by atoms with Crippen LogP contribution in [0.1, 0.15) is 18.3 Å². The molecule has 0 atom stereocenters. The maximum absolute atomic E-state index is 12.6. The number of rotatable bonds is 6. The number of aryl methyl sites for hydroxylation is 2. The van der Waals surface area contributed by atoms with Crippen LogP contribution in [0.2, 0.25) is 5.02 Å². The summed E-state index contributed by atoms with van der Waals surface area (Å²) < 4.78 is 7.32. The van der Waals surface area contributed by atoms with Gasteiger partial charge >= 0.3 is 0 Å². The molecule has 6 nitrogen and oxygen atoms in total. The van der Waals surface area contributed by atoms with Crippen LogP contribution in [0.4, 0.5) is 5.69 Å². The molecule has 5 rings (SSSR count). The highest BCUT2D eigenvalue weighted by molar-refractivity contribution is 8.00. The lowest BCUT2D eigenvalue weighted by atomic mass is 10.0. The molecule has 0 fully saturated rings. The number of hydrogen-bond acceptors (Lipinski definition) is 4. The van der Waals surface area contributed by atoms with Gasteiger partial charge < -0.3 is 18.8 Å². The van der Waals surface area contributed by atoms with Crippen molar-refractivity contribution in [3.63, 3.8) is 0 Å². The van der Waals surface area contributed by atoms with Crippen LogP contribution < -0.4 is 10.3 Å². The van der Waals surface area contributed by atoms with Crippen molar-refractivity contribution in [3.8, 4) is 11.1 Å². The highest BCUT2D eigenvalue weighted by atomic mass is 35.5. The first-order valence-electron chi connectivity index (χ1n) is 10.8. The molecule has 0 bridgehead atoms. The molecule has 0 aliphatic carbocycles. The molecule has 5 aromatic rings. The summed E-state index contributed by atoms with van der Waals surface area (Å²) in [7, 11) is 1.78. The van der Waals surface area contributed by atoms with E-state index in [1.165, 1.54) is 0 Å². The van der Waals surface area contributed by atoms with Gasteiger partial charge in [-0.05, 0) is 48.4 Å². The first-order valence-corrected chi connectivity index (χ1v) is 12.1. The van der Waals surface area contributed by atoms with E-state index < -0.39 is 0 Å². The quantitative estimate of drug-likeness (QED) is 0.295. The minimum atomic E-state index is -0.0386. The van der Waals surface area contributed by atoms with Gasteiger partial charge in [0.2, 0.25) is 0 Å². The molecule has 168 valence electrons. The minimum Gasteiger partial charge on any atom is -0.357 e. The zero-order chi connectivity index (χ0) is 23.1. The zero-order valence-corrected chi connectivity index (χ0v) is 20.2. The molecule has 0 saturated heterocycles. The topological polar surface area (TPSA) is 67.6 Å². The molecule has 0 radical (unpaired) electrons. The van der Waals surface area contributed by atoms with Gasteiger partial charge in [-0.1, -0.05) is 42.6 Å². The van der Waals surface area contributed by atoms with E-state index in [1.54, 1.807) is 23.6 Å². The molecule has 0 spiro atoms. The van der Waals surface area contributed by atoms with Crippen molar-refractivity contribution in [1.29, 1.82) is 0 Å². The van der Waals surface area contributed by atoms with E-state index >= 15 is 0 Å². The third kappa shape index (κ3) is 3.92. The molecular formula is C25H24ClN5OS. The fourth-order valence-corrected chi connectivity index (χ4v) is 4.77. The van der Waals surface area contributed by atoms with E-state index in [1.807, 2.05) is 49.6 Å². The van der Waals surface area contributed by atoms with E-state index in [4.69, 9.17) is 16.6 Å². The summed E-state index contributed by atoms with van der Waals surface area (Å²) in [5, 5.41) is 1.63. The van der Waals surface area contributed by atoms with Crippen molar-refractivity contribution in [2.75, 3.05) is 10.5 Å². The largest absolute Gasteiger partial charge is 0.357 e. The second-order valence-corrected chi connectivity index (χ2v) is 9.53. The number of hydrogen-bond donors (Lipinski definition) is 2. The van der Waals surface area contributed by atoms with Gasteiger partial charge in [-0.25, -0.2) is 4.98 Å². The van der Waals surface area contributed by atoms with E-state index in [-0.39, 0.29) is 5.56 Å². The molecule has 2 aromatic carbocycles. The fraction of sp³-hybridized carbons (Fsp3) is 0.200. The van der Waals surface area contributed by atoms with E-state index in [2.05, 4.69) is 33.3 Å². The van der Waals surface area contributed by atoms with Crippen LogP contribution in [0.15, 0.2) is 59.7 Å². The Balaban J connectivity index is 1.74. The van der Waals surface area contributed by atoms with Gasteiger partial charge in [-0.2, -0.15) is 0 Å². The summed E-state index contributed by atoms with van der Waals surface area (Å²) >= 11 is 7.72. The zero-order valence-electron chi connectivity index (χ0n) is 18.6. The second kappa shape index (κ2) is 8.65. The molecule has 0 aliphatic heterocycles. The van der Waals surface area contributed by atoms with Crippen LogP contribution in [0.25, 0.3) is 33.1 Å². The number of nitrogens with one attached hydrogen (secondary N) is 2. The van der Waals surface area contributed by atoms with E-state index in [0.717, 1.165) is 55.4 Å². The van der Waals surface area contributed by atoms with Crippen LogP contribution in [0.3, 0.4) is 0 Å². The van der Waals surface area contributed by atoms with Crippen molar-refractivity contribution in [3.05, 3.63) is 81.6 Å². The molecule has 3 aromatic heterocycles. The summed E-state index contributed by atoms with van der Waals surface area (Å²) in [6.45, 7) is 4.83. The van der Waals surface area contributed by atoms with Crippen molar-refractivity contribution >= 4 is 51.2 Å². The van der Waals surface area contributed by atoms with E-state index in [0.29, 0.717) is 12.1 Å².